The number of rotatable bonds is 1. The molecule has 0 spiro atoms. The molecule has 1 aromatic heterocycles. The van der Waals surface area contributed by atoms with Crippen LogP contribution in [0.4, 0.5) is 5.69 Å². The lowest BCUT2D eigenvalue weighted by Gasteiger charge is -2.01. The van der Waals surface area contributed by atoms with E-state index < -0.39 is 0 Å². The molecule has 0 fully saturated rings. The predicted molar refractivity (Wildman–Crippen MR) is 69.9 cm³/mol. The molecule has 15 heavy (non-hydrogen) atoms. The first-order valence-electron chi connectivity index (χ1n) is 3.89. The van der Waals surface area contributed by atoms with Crippen molar-refractivity contribution in [1.82, 2.24) is 9.55 Å². The van der Waals surface area contributed by atoms with E-state index >= 15 is 0 Å². The lowest BCUT2D eigenvalue weighted by molar-refractivity contribution is 1.03. The molecule has 3 N–H and O–H groups in total. The number of nitrogens with one attached hydrogen (secondary N) is 1. The molecule has 3 nitrogen and oxygen atoms in total. The van der Waals surface area contributed by atoms with Crippen molar-refractivity contribution in [2.75, 3.05) is 5.73 Å². The third kappa shape index (κ3) is 2.99. The van der Waals surface area contributed by atoms with Crippen molar-refractivity contribution >= 4 is 42.7 Å². The molecule has 2 aromatic rings. The molecule has 0 saturated carbocycles. The van der Waals surface area contributed by atoms with Crippen LogP contribution in [0.25, 0.3) is 5.69 Å². The fourth-order valence-corrected chi connectivity index (χ4v) is 1.39. The smallest absolute Gasteiger partial charge is 0.181 e. The van der Waals surface area contributed by atoms with Gasteiger partial charge in [0.05, 0.1) is 0 Å². The molecule has 1 aromatic carbocycles. The number of imidazole rings is 1. The Balaban J connectivity index is 0.000000980. The van der Waals surface area contributed by atoms with Gasteiger partial charge in [-0.1, -0.05) is 0 Å². The first-order valence-corrected chi connectivity index (χ1v) is 4.30. The third-order valence-electron chi connectivity index (χ3n) is 1.82. The molecule has 0 bridgehead atoms. The molecule has 0 atom stereocenters. The zero-order valence-corrected chi connectivity index (χ0v) is 10.2. The van der Waals surface area contributed by atoms with E-state index in [0.717, 1.165) is 11.4 Å². The summed E-state index contributed by atoms with van der Waals surface area (Å²) < 4.78 is 2.57. The van der Waals surface area contributed by atoms with Crippen LogP contribution in [0, 0.1) is 4.77 Å². The van der Waals surface area contributed by atoms with Gasteiger partial charge in [0.2, 0.25) is 0 Å². The average molecular weight is 264 g/mol. The van der Waals surface area contributed by atoms with Crippen LogP contribution in [-0.4, -0.2) is 9.55 Å². The number of nitrogens with two attached hydrogens (primary N) is 1. The van der Waals surface area contributed by atoms with Crippen LogP contribution in [0.2, 0.25) is 0 Å². The second kappa shape index (κ2) is 5.80. The van der Waals surface area contributed by atoms with E-state index in [4.69, 9.17) is 18.0 Å². The van der Waals surface area contributed by atoms with Gasteiger partial charge in [0.25, 0.3) is 0 Å². The number of nitrogen functional groups attached to an aromatic ring is 1. The van der Waals surface area contributed by atoms with Gasteiger partial charge >= 0.3 is 0 Å². The summed E-state index contributed by atoms with van der Waals surface area (Å²) in [7, 11) is 0. The van der Waals surface area contributed by atoms with Crippen LogP contribution in [0.15, 0.2) is 36.7 Å². The Morgan fingerprint density at radius 1 is 1.13 bits per heavy atom. The molecule has 0 amide bonds. The number of benzene rings is 1. The zero-order chi connectivity index (χ0) is 9.26. The van der Waals surface area contributed by atoms with Crippen molar-refractivity contribution in [2.24, 2.45) is 0 Å². The van der Waals surface area contributed by atoms with Gasteiger partial charge in [0, 0.05) is 23.8 Å². The van der Waals surface area contributed by atoms with E-state index in [0.29, 0.717) is 4.77 Å². The third-order valence-corrected chi connectivity index (χ3v) is 2.14. The predicted octanol–water partition coefficient (Wildman–Crippen LogP) is 2.96. The molecule has 2 rings (SSSR count). The van der Waals surface area contributed by atoms with Crippen LogP contribution in [0.5, 0.6) is 0 Å². The number of hydrogen-bond donors (Lipinski definition) is 2. The summed E-state index contributed by atoms with van der Waals surface area (Å²) in [6.45, 7) is 0. The standard InChI is InChI=1S/C9H9N3S.2ClH/c10-7-1-3-8(4-2-7)12-6-5-11-9(12)13;;/h1-6H,10H2,(H,11,13);2*1H. The summed E-state index contributed by atoms with van der Waals surface area (Å²) in [6, 6.07) is 7.56. The summed E-state index contributed by atoms with van der Waals surface area (Å²) in [6.07, 6.45) is 3.69. The SMILES string of the molecule is Cl.Cl.Nc1ccc(-n2cc[nH]c2=S)cc1. The van der Waals surface area contributed by atoms with Crippen LogP contribution < -0.4 is 5.73 Å². The van der Waals surface area contributed by atoms with E-state index in [1.807, 2.05) is 35.0 Å². The highest BCUT2D eigenvalue weighted by Crippen LogP contribution is 2.10. The highest BCUT2D eigenvalue weighted by Gasteiger charge is 1.95. The van der Waals surface area contributed by atoms with Gasteiger partial charge in [0.1, 0.15) is 0 Å². The van der Waals surface area contributed by atoms with Gasteiger partial charge in [0.15, 0.2) is 4.77 Å². The Labute approximate surface area is 105 Å². The minimum absolute atomic E-state index is 0. The van der Waals surface area contributed by atoms with Gasteiger partial charge in [-0.25, -0.2) is 0 Å². The van der Waals surface area contributed by atoms with E-state index in [9.17, 15) is 0 Å². The van der Waals surface area contributed by atoms with Gasteiger partial charge in [-0.05, 0) is 36.5 Å². The summed E-state index contributed by atoms with van der Waals surface area (Å²) in [4.78, 5) is 2.93. The number of aromatic nitrogens is 2. The first-order chi connectivity index (χ1) is 6.27. The van der Waals surface area contributed by atoms with Gasteiger partial charge in [-0.15, -0.1) is 24.8 Å². The quantitative estimate of drug-likeness (QED) is 0.614. The number of anilines is 1. The Morgan fingerprint density at radius 2 is 1.73 bits per heavy atom. The average Bonchev–Trinajstić information content (AvgIpc) is 2.53. The maximum absolute atomic E-state index is 5.57. The monoisotopic (exact) mass is 263 g/mol. The number of nitrogens with zero attached hydrogens (tertiary/aromatic N) is 1. The summed E-state index contributed by atoms with van der Waals surface area (Å²) in [5, 5.41) is 0. The summed E-state index contributed by atoms with van der Waals surface area (Å²) >= 11 is 5.08. The highest BCUT2D eigenvalue weighted by molar-refractivity contribution is 7.71. The maximum Gasteiger partial charge on any atom is 0.181 e. The summed E-state index contributed by atoms with van der Waals surface area (Å²) in [5.74, 6) is 0. The van der Waals surface area contributed by atoms with Crippen LogP contribution in [-0.2, 0) is 0 Å². The lowest BCUT2D eigenvalue weighted by Crippen LogP contribution is -1.92. The fourth-order valence-electron chi connectivity index (χ4n) is 1.16. The van der Waals surface area contributed by atoms with Crippen LogP contribution in [0.3, 0.4) is 0 Å². The minimum atomic E-state index is 0. The number of hydrogen-bond acceptors (Lipinski definition) is 2. The van der Waals surface area contributed by atoms with Crippen molar-refractivity contribution in [2.45, 2.75) is 0 Å². The Hall–Kier alpha value is -0.970. The fraction of sp³-hybridized carbons (Fsp3) is 0. The van der Waals surface area contributed by atoms with Crippen molar-refractivity contribution in [1.29, 1.82) is 0 Å². The molecule has 0 aliphatic rings. The van der Waals surface area contributed by atoms with E-state index in [1.54, 1.807) is 6.20 Å². The van der Waals surface area contributed by atoms with Gasteiger partial charge in [-0.3, -0.25) is 4.57 Å². The van der Waals surface area contributed by atoms with Gasteiger partial charge < -0.3 is 10.7 Å². The molecule has 82 valence electrons. The molecule has 1 heterocycles. The second-order valence-corrected chi connectivity index (χ2v) is 3.11. The molecule has 6 heteroatoms. The number of halogens is 2. The lowest BCUT2D eigenvalue weighted by atomic mass is 10.3. The topological polar surface area (TPSA) is 46.7 Å². The molecule has 0 aliphatic carbocycles. The minimum Gasteiger partial charge on any atom is -0.399 e. The van der Waals surface area contributed by atoms with Crippen LogP contribution >= 0.6 is 37.0 Å². The highest BCUT2D eigenvalue weighted by atomic mass is 35.5. The van der Waals surface area contributed by atoms with E-state index in [2.05, 4.69) is 4.98 Å². The number of aromatic amines is 1. The maximum atomic E-state index is 5.57. The number of H-pyrrole nitrogens is 1. The largest absolute Gasteiger partial charge is 0.399 e. The van der Waals surface area contributed by atoms with E-state index in [-0.39, 0.29) is 24.8 Å². The molecule has 0 unspecified atom stereocenters. The molecule has 0 saturated heterocycles. The normalized spacial score (nSPS) is 8.80. The molecular weight excluding hydrogens is 253 g/mol. The van der Waals surface area contributed by atoms with Crippen molar-refractivity contribution < 1.29 is 0 Å². The zero-order valence-electron chi connectivity index (χ0n) is 7.71. The second-order valence-electron chi connectivity index (χ2n) is 2.73. The first kappa shape index (κ1) is 14.0. The summed E-state index contributed by atoms with van der Waals surface area (Å²) in [5.41, 5.74) is 7.34. The Morgan fingerprint density at radius 3 is 2.20 bits per heavy atom. The Kier molecular flexibility index (Phi) is 5.43. The molecular formula is C9H11Cl2N3S. The van der Waals surface area contributed by atoms with Crippen molar-refractivity contribution in [3.63, 3.8) is 0 Å². The van der Waals surface area contributed by atoms with Gasteiger partial charge in [-0.2, -0.15) is 0 Å². The van der Waals surface area contributed by atoms with Crippen LogP contribution in [0.1, 0.15) is 0 Å². The van der Waals surface area contributed by atoms with Crippen molar-refractivity contribution in [3.8, 4) is 5.69 Å². The van der Waals surface area contributed by atoms with Crippen molar-refractivity contribution in [3.05, 3.63) is 41.4 Å². The molecule has 0 aliphatic heterocycles. The Bertz CT molecular complexity index is 461. The molecule has 0 radical (unpaired) electrons. The van der Waals surface area contributed by atoms with E-state index in [1.165, 1.54) is 0 Å².